The van der Waals surface area contributed by atoms with Crippen molar-refractivity contribution in [3.8, 4) is 0 Å². The van der Waals surface area contributed by atoms with Gasteiger partial charge in [-0.15, -0.1) is 0 Å². The molecule has 3 heteroatoms. The van der Waals surface area contributed by atoms with Crippen molar-refractivity contribution in [2.24, 2.45) is 5.92 Å². The molecule has 0 aliphatic carbocycles. The highest BCUT2D eigenvalue weighted by Crippen LogP contribution is 2.17. The summed E-state index contributed by atoms with van der Waals surface area (Å²) >= 11 is 0. The third kappa shape index (κ3) is 5.78. The summed E-state index contributed by atoms with van der Waals surface area (Å²) in [7, 11) is 0. The molecule has 1 rings (SSSR count). The lowest BCUT2D eigenvalue weighted by Crippen LogP contribution is -2.12. The van der Waals surface area contributed by atoms with Gasteiger partial charge in [0.05, 0.1) is 12.7 Å². The van der Waals surface area contributed by atoms with Crippen LogP contribution in [0.5, 0.6) is 0 Å². The van der Waals surface area contributed by atoms with E-state index in [0.29, 0.717) is 25.0 Å². The molecule has 15 heavy (non-hydrogen) atoms. The van der Waals surface area contributed by atoms with E-state index in [2.05, 4.69) is 13.8 Å². The van der Waals surface area contributed by atoms with E-state index in [-0.39, 0.29) is 5.97 Å². The molecule has 1 atom stereocenters. The van der Waals surface area contributed by atoms with Gasteiger partial charge in [0.2, 0.25) is 0 Å². The Bertz CT molecular complexity index is 183. The van der Waals surface area contributed by atoms with Crippen molar-refractivity contribution in [3.63, 3.8) is 0 Å². The highest BCUT2D eigenvalue weighted by Gasteiger charge is 2.16. The predicted octanol–water partition coefficient (Wildman–Crippen LogP) is 2.53. The molecule has 3 nitrogen and oxygen atoms in total. The molecular formula is C12H22O3. The fourth-order valence-corrected chi connectivity index (χ4v) is 1.63. The largest absolute Gasteiger partial charge is 0.466 e. The second kappa shape index (κ2) is 6.83. The van der Waals surface area contributed by atoms with Crippen LogP contribution >= 0.6 is 0 Å². The van der Waals surface area contributed by atoms with Crippen molar-refractivity contribution in [2.75, 3.05) is 13.2 Å². The molecule has 0 aromatic heterocycles. The first-order valence-electron chi connectivity index (χ1n) is 5.95. The van der Waals surface area contributed by atoms with Gasteiger partial charge in [-0.3, -0.25) is 4.79 Å². The maximum absolute atomic E-state index is 11.3. The second-order valence-electron chi connectivity index (χ2n) is 4.58. The summed E-state index contributed by atoms with van der Waals surface area (Å²) < 4.78 is 10.6. The van der Waals surface area contributed by atoms with E-state index in [1.807, 2.05) is 0 Å². The Labute approximate surface area is 92.1 Å². The summed E-state index contributed by atoms with van der Waals surface area (Å²) in [6.45, 7) is 5.66. The molecule has 88 valence electrons. The zero-order valence-electron chi connectivity index (χ0n) is 9.83. The van der Waals surface area contributed by atoms with Crippen LogP contribution in [0, 0.1) is 5.92 Å². The van der Waals surface area contributed by atoms with Gasteiger partial charge in [0.15, 0.2) is 0 Å². The highest BCUT2D eigenvalue weighted by atomic mass is 16.5. The molecule has 0 spiro atoms. The van der Waals surface area contributed by atoms with Crippen LogP contribution in [-0.4, -0.2) is 25.3 Å². The first-order chi connectivity index (χ1) is 7.18. The zero-order valence-corrected chi connectivity index (χ0v) is 9.83. The van der Waals surface area contributed by atoms with Gasteiger partial charge < -0.3 is 9.47 Å². The first kappa shape index (κ1) is 12.5. The quantitative estimate of drug-likeness (QED) is 0.637. The molecule has 1 heterocycles. The number of ether oxygens (including phenoxy) is 2. The van der Waals surface area contributed by atoms with Gasteiger partial charge in [0.25, 0.3) is 0 Å². The van der Waals surface area contributed by atoms with Crippen molar-refractivity contribution < 1.29 is 14.3 Å². The number of hydrogen-bond acceptors (Lipinski definition) is 3. The van der Waals surface area contributed by atoms with E-state index in [1.54, 1.807) is 0 Å². The standard InChI is InChI=1S/C12H22O3/c1-10(2)7-9-15-12(13)6-5-11-4-3-8-14-11/h10-11H,3-9H2,1-2H3. The SMILES string of the molecule is CC(C)CCOC(=O)CCC1CCCO1. The van der Waals surface area contributed by atoms with Gasteiger partial charge in [-0.05, 0) is 31.6 Å². The van der Waals surface area contributed by atoms with Crippen molar-refractivity contribution in [1.29, 1.82) is 0 Å². The van der Waals surface area contributed by atoms with E-state index < -0.39 is 0 Å². The van der Waals surface area contributed by atoms with Crippen molar-refractivity contribution in [2.45, 2.75) is 52.1 Å². The van der Waals surface area contributed by atoms with Crippen LogP contribution in [0.25, 0.3) is 0 Å². The molecule has 1 aliphatic rings. The highest BCUT2D eigenvalue weighted by molar-refractivity contribution is 5.69. The topological polar surface area (TPSA) is 35.5 Å². The summed E-state index contributed by atoms with van der Waals surface area (Å²) in [6.07, 6.45) is 4.80. The Morgan fingerprint density at radius 3 is 2.93 bits per heavy atom. The van der Waals surface area contributed by atoms with Gasteiger partial charge >= 0.3 is 5.97 Å². The second-order valence-corrected chi connectivity index (χ2v) is 4.58. The number of rotatable bonds is 6. The predicted molar refractivity (Wildman–Crippen MR) is 58.6 cm³/mol. The molecule has 1 saturated heterocycles. The number of esters is 1. The molecule has 1 aliphatic heterocycles. The number of carbonyl (C=O) groups excluding carboxylic acids is 1. The van der Waals surface area contributed by atoms with Gasteiger partial charge in [0, 0.05) is 13.0 Å². The third-order valence-electron chi connectivity index (χ3n) is 2.65. The van der Waals surface area contributed by atoms with Crippen molar-refractivity contribution in [3.05, 3.63) is 0 Å². The lowest BCUT2D eigenvalue weighted by Gasteiger charge is -2.09. The molecule has 0 aromatic rings. The third-order valence-corrected chi connectivity index (χ3v) is 2.65. The fourth-order valence-electron chi connectivity index (χ4n) is 1.63. The molecule has 0 amide bonds. The minimum Gasteiger partial charge on any atom is -0.466 e. The average molecular weight is 214 g/mol. The molecule has 0 N–H and O–H groups in total. The number of carbonyl (C=O) groups is 1. The maximum atomic E-state index is 11.3. The van der Waals surface area contributed by atoms with Crippen LogP contribution in [0.3, 0.4) is 0 Å². The molecule has 0 bridgehead atoms. The molecule has 0 aromatic carbocycles. The average Bonchev–Trinajstić information content (AvgIpc) is 2.66. The number of hydrogen-bond donors (Lipinski definition) is 0. The van der Waals surface area contributed by atoms with E-state index in [4.69, 9.17) is 9.47 Å². The van der Waals surface area contributed by atoms with Crippen LogP contribution < -0.4 is 0 Å². The summed E-state index contributed by atoms with van der Waals surface area (Å²) in [5.41, 5.74) is 0. The van der Waals surface area contributed by atoms with E-state index >= 15 is 0 Å². The maximum Gasteiger partial charge on any atom is 0.305 e. The summed E-state index contributed by atoms with van der Waals surface area (Å²) in [4.78, 5) is 11.3. The minimum absolute atomic E-state index is 0.0776. The Hall–Kier alpha value is -0.570. The van der Waals surface area contributed by atoms with Gasteiger partial charge in [-0.25, -0.2) is 0 Å². The Morgan fingerprint density at radius 2 is 2.33 bits per heavy atom. The van der Waals surface area contributed by atoms with Crippen LogP contribution in [0.1, 0.15) is 46.0 Å². The Balaban J connectivity index is 1.98. The normalized spacial score (nSPS) is 20.9. The summed E-state index contributed by atoms with van der Waals surface area (Å²) in [6, 6.07) is 0. The van der Waals surface area contributed by atoms with Crippen LogP contribution in [0.15, 0.2) is 0 Å². The lowest BCUT2D eigenvalue weighted by molar-refractivity contribution is -0.144. The van der Waals surface area contributed by atoms with Crippen LogP contribution in [0.4, 0.5) is 0 Å². The van der Waals surface area contributed by atoms with E-state index in [9.17, 15) is 4.79 Å². The Morgan fingerprint density at radius 1 is 1.53 bits per heavy atom. The summed E-state index contributed by atoms with van der Waals surface area (Å²) in [5, 5.41) is 0. The smallest absolute Gasteiger partial charge is 0.305 e. The Kier molecular flexibility index (Phi) is 5.69. The lowest BCUT2D eigenvalue weighted by atomic mass is 10.1. The fraction of sp³-hybridized carbons (Fsp3) is 0.917. The summed E-state index contributed by atoms with van der Waals surface area (Å²) in [5.74, 6) is 0.516. The molecule has 1 fully saturated rings. The van der Waals surface area contributed by atoms with E-state index in [0.717, 1.165) is 32.3 Å². The first-order valence-corrected chi connectivity index (χ1v) is 5.95. The van der Waals surface area contributed by atoms with Crippen LogP contribution in [-0.2, 0) is 14.3 Å². The molecule has 0 saturated carbocycles. The van der Waals surface area contributed by atoms with Crippen molar-refractivity contribution in [1.82, 2.24) is 0 Å². The van der Waals surface area contributed by atoms with Gasteiger partial charge in [-0.1, -0.05) is 13.8 Å². The van der Waals surface area contributed by atoms with Crippen LogP contribution in [0.2, 0.25) is 0 Å². The van der Waals surface area contributed by atoms with Gasteiger partial charge in [0.1, 0.15) is 0 Å². The zero-order chi connectivity index (χ0) is 11.1. The molecule has 1 unspecified atom stereocenters. The monoisotopic (exact) mass is 214 g/mol. The van der Waals surface area contributed by atoms with E-state index in [1.165, 1.54) is 0 Å². The minimum atomic E-state index is -0.0776. The van der Waals surface area contributed by atoms with Gasteiger partial charge in [-0.2, -0.15) is 0 Å². The molecular weight excluding hydrogens is 192 g/mol. The molecule has 0 radical (unpaired) electrons. The van der Waals surface area contributed by atoms with Crippen molar-refractivity contribution >= 4 is 5.97 Å².